The van der Waals surface area contributed by atoms with Gasteiger partial charge < -0.3 is 9.42 Å². The van der Waals surface area contributed by atoms with Gasteiger partial charge in [-0.2, -0.15) is 4.98 Å². The highest BCUT2D eigenvalue weighted by Crippen LogP contribution is 2.39. The molecule has 1 aliphatic heterocycles. The lowest BCUT2D eigenvalue weighted by atomic mass is 10.1. The summed E-state index contributed by atoms with van der Waals surface area (Å²) in [6.45, 7) is 2.82. The van der Waals surface area contributed by atoms with Crippen LogP contribution in [-0.2, 0) is 11.2 Å². The molecule has 5 heteroatoms. The van der Waals surface area contributed by atoms with Crippen LogP contribution in [0.5, 0.6) is 0 Å². The van der Waals surface area contributed by atoms with E-state index < -0.39 is 0 Å². The summed E-state index contributed by atoms with van der Waals surface area (Å²) in [5.74, 6) is 2.05. The molecule has 120 valence electrons. The molecule has 0 N–H and O–H groups in total. The van der Waals surface area contributed by atoms with Crippen molar-refractivity contribution >= 4 is 5.91 Å². The predicted octanol–water partition coefficient (Wildman–Crippen LogP) is 3.16. The number of carbonyl (C=O) groups is 1. The summed E-state index contributed by atoms with van der Waals surface area (Å²) in [4.78, 5) is 19.1. The van der Waals surface area contributed by atoms with Crippen molar-refractivity contribution in [2.24, 2.45) is 0 Å². The van der Waals surface area contributed by atoms with Gasteiger partial charge in [0.05, 0.1) is 6.42 Å². The second-order valence-electron chi connectivity index (χ2n) is 6.68. The molecule has 1 unspecified atom stereocenters. The van der Waals surface area contributed by atoms with Crippen LogP contribution in [0.2, 0.25) is 0 Å². The van der Waals surface area contributed by atoms with Crippen LogP contribution in [0.15, 0.2) is 28.8 Å². The monoisotopic (exact) mass is 311 g/mol. The van der Waals surface area contributed by atoms with Gasteiger partial charge in [-0.3, -0.25) is 4.79 Å². The Morgan fingerprint density at radius 1 is 1.35 bits per heavy atom. The normalized spacial score (nSPS) is 20.9. The summed E-state index contributed by atoms with van der Waals surface area (Å²) in [5.41, 5.74) is 2.24. The van der Waals surface area contributed by atoms with E-state index in [9.17, 15) is 4.79 Å². The second kappa shape index (κ2) is 5.80. The van der Waals surface area contributed by atoms with Crippen molar-refractivity contribution in [3.05, 3.63) is 47.1 Å². The van der Waals surface area contributed by atoms with Gasteiger partial charge in [0, 0.05) is 12.5 Å². The van der Waals surface area contributed by atoms with Crippen molar-refractivity contribution in [1.29, 1.82) is 0 Å². The first-order valence-corrected chi connectivity index (χ1v) is 8.39. The van der Waals surface area contributed by atoms with E-state index in [2.05, 4.69) is 16.2 Å². The maximum absolute atomic E-state index is 12.7. The van der Waals surface area contributed by atoms with Crippen molar-refractivity contribution < 1.29 is 9.32 Å². The van der Waals surface area contributed by atoms with Crippen LogP contribution in [0.1, 0.15) is 60.5 Å². The molecule has 2 heterocycles. The SMILES string of the molecule is Cc1cccc(CC(=O)N2CCCC2c2nc(C3CC3)no2)c1. The van der Waals surface area contributed by atoms with E-state index in [0.29, 0.717) is 18.2 Å². The maximum atomic E-state index is 12.7. The molecule has 1 aromatic carbocycles. The third-order valence-corrected chi connectivity index (χ3v) is 4.70. The number of rotatable bonds is 4. The molecular weight excluding hydrogens is 290 g/mol. The zero-order valence-corrected chi connectivity index (χ0v) is 13.4. The Labute approximate surface area is 135 Å². The number of carbonyl (C=O) groups excluding carboxylic acids is 1. The first kappa shape index (κ1) is 14.4. The van der Waals surface area contributed by atoms with Crippen LogP contribution in [0.4, 0.5) is 0 Å². The number of hydrogen-bond acceptors (Lipinski definition) is 4. The zero-order valence-electron chi connectivity index (χ0n) is 13.4. The highest BCUT2D eigenvalue weighted by Gasteiger charge is 2.36. The van der Waals surface area contributed by atoms with Gasteiger partial charge in [0.15, 0.2) is 5.82 Å². The number of hydrogen-bond donors (Lipinski definition) is 0. The molecule has 5 nitrogen and oxygen atoms in total. The predicted molar refractivity (Wildman–Crippen MR) is 84.8 cm³/mol. The molecule has 0 spiro atoms. The van der Waals surface area contributed by atoms with Gasteiger partial charge in [-0.05, 0) is 38.2 Å². The molecule has 1 saturated carbocycles. The van der Waals surface area contributed by atoms with Gasteiger partial charge in [-0.1, -0.05) is 35.0 Å². The van der Waals surface area contributed by atoms with Crippen molar-refractivity contribution in [1.82, 2.24) is 15.0 Å². The molecular formula is C18H21N3O2. The number of nitrogens with zero attached hydrogens (tertiary/aromatic N) is 3. The molecule has 1 atom stereocenters. The molecule has 2 aromatic rings. The Morgan fingerprint density at radius 3 is 3.00 bits per heavy atom. The molecule has 1 aliphatic carbocycles. The lowest BCUT2D eigenvalue weighted by Gasteiger charge is -2.22. The Balaban J connectivity index is 1.48. The number of likely N-dealkylation sites (tertiary alicyclic amines) is 1. The number of amides is 1. The standard InChI is InChI=1S/C18H21N3O2/c1-12-4-2-5-13(10-12)11-16(22)21-9-3-6-15(21)18-19-17(20-23-18)14-7-8-14/h2,4-5,10,14-15H,3,6-9,11H2,1H3. The van der Waals surface area contributed by atoms with Gasteiger partial charge in [0.1, 0.15) is 6.04 Å². The fourth-order valence-electron chi connectivity index (χ4n) is 3.31. The Kier molecular flexibility index (Phi) is 3.63. The Hall–Kier alpha value is -2.17. The van der Waals surface area contributed by atoms with E-state index in [1.165, 1.54) is 5.56 Å². The highest BCUT2D eigenvalue weighted by atomic mass is 16.5. The fourth-order valence-corrected chi connectivity index (χ4v) is 3.31. The highest BCUT2D eigenvalue weighted by molar-refractivity contribution is 5.79. The zero-order chi connectivity index (χ0) is 15.8. The summed E-state index contributed by atoms with van der Waals surface area (Å²) in [6.07, 6.45) is 4.64. The average molecular weight is 311 g/mol. The number of aromatic nitrogens is 2. The van der Waals surface area contributed by atoms with Crippen LogP contribution in [0, 0.1) is 6.92 Å². The largest absolute Gasteiger partial charge is 0.337 e. The van der Waals surface area contributed by atoms with E-state index in [1.54, 1.807) is 0 Å². The van der Waals surface area contributed by atoms with Gasteiger partial charge in [-0.15, -0.1) is 0 Å². The minimum atomic E-state index is -0.0488. The third-order valence-electron chi connectivity index (χ3n) is 4.70. The van der Waals surface area contributed by atoms with E-state index >= 15 is 0 Å². The fraction of sp³-hybridized carbons (Fsp3) is 0.500. The van der Waals surface area contributed by atoms with Crippen LogP contribution in [0.3, 0.4) is 0 Å². The lowest BCUT2D eigenvalue weighted by molar-refractivity contribution is -0.131. The van der Waals surface area contributed by atoms with Crippen LogP contribution >= 0.6 is 0 Å². The molecule has 1 amide bonds. The van der Waals surface area contributed by atoms with Crippen LogP contribution in [0.25, 0.3) is 0 Å². The van der Waals surface area contributed by atoms with Gasteiger partial charge in [0.25, 0.3) is 0 Å². The summed E-state index contributed by atoms with van der Waals surface area (Å²) < 4.78 is 5.44. The van der Waals surface area contributed by atoms with Crippen LogP contribution < -0.4 is 0 Å². The molecule has 1 aromatic heterocycles. The summed E-state index contributed by atoms with van der Waals surface area (Å²) >= 11 is 0. The molecule has 1 saturated heterocycles. The molecule has 2 aliphatic rings. The molecule has 0 bridgehead atoms. The van der Waals surface area contributed by atoms with Gasteiger partial charge in [0.2, 0.25) is 11.8 Å². The smallest absolute Gasteiger partial charge is 0.249 e. The maximum Gasteiger partial charge on any atom is 0.249 e. The Bertz CT molecular complexity index is 721. The minimum Gasteiger partial charge on any atom is -0.337 e. The van der Waals surface area contributed by atoms with Crippen molar-refractivity contribution in [3.8, 4) is 0 Å². The molecule has 4 rings (SSSR count). The average Bonchev–Trinajstić information content (AvgIpc) is 3.08. The van der Waals surface area contributed by atoms with Crippen molar-refractivity contribution in [3.63, 3.8) is 0 Å². The van der Waals surface area contributed by atoms with E-state index in [0.717, 1.165) is 43.6 Å². The topological polar surface area (TPSA) is 59.2 Å². The van der Waals surface area contributed by atoms with Crippen molar-refractivity contribution in [2.45, 2.75) is 51.0 Å². The molecule has 2 fully saturated rings. The first-order chi connectivity index (χ1) is 11.2. The first-order valence-electron chi connectivity index (χ1n) is 8.39. The lowest BCUT2D eigenvalue weighted by Crippen LogP contribution is -2.32. The van der Waals surface area contributed by atoms with E-state index in [4.69, 9.17) is 4.52 Å². The molecule has 23 heavy (non-hydrogen) atoms. The number of aryl methyl sites for hydroxylation is 1. The van der Waals surface area contributed by atoms with E-state index in [-0.39, 0.29) is 11.9 Å². The van der Waals surface area contributed by atoms with Gasteiger partial charge in [-0.25, -0.2) is 0 Å². The minimum absolute atomic E-state index is 0.0488. The Morgan fingerprint density at radius 2 is 2.22 bits per heavy atom. The number of benzene rings is 1. The molecule has 0 radical (unpaired) electrons. The summed E-state index contributed by atoms with van der Waals surface area (Å²) in [6, 6.07) is 8.07. The van der Waals surface area contributed by atoms with E-state index in [1.807, 2.05) is 30.0 Å². The quantitative estimate of drug-likeness (QED) is 0.870. The third kappa shape index (κ3) is 3.00. The summed E-state index contributed by atoms with van der Waals surface area (Å²) in [5, 5.41) is 4.09. The summed E-state index contributed by atoms with van der Waals surface area (Å²) in [7, 11) is 0. The van der Waals surface area contributed by atoms with Crippen LogP contribution in [-0.4, -0.2) is 27.5 Å². The second-order valence-corrected chi connectivity index (χ2v) is 6.68. The van der Waals surface area contributed by atoms with Gasteiger partial charge >= 0.3 is 0 Å². The van der Waals surface area contributed by atoms with Crippen molar-refractivity contribution in [2.75, 3.05) is 6.54 Å².